The average molecular weight is 325 g/mol. The number of nitrogens with one attached hydrogen (secondary N) is 1. The van der Waals surface area contributed by atoms with Crippen LogP contribution < -0.4 is 10.5 Å². The smallest absolute Gasteiger partial charge is 0.240 e. The summed E-state index contributed by atoms with van der Waals surface area (Å²) in [4.78, 5) is 14.1. The first-order chi connectivity index (χ1) is 10.5. The molecule has 3 N–H and O–H groups in total. The summed E-state index contributed by atoms with van der Waals surface area (Å²) in [6.45, 7) is 2.21. The van der Waals surface area contributed by atoms with E-state index < -0.39 is 10.0 Å². The van der Waals surface area contributed by atoms with Crippen molar-refractivity contribution in [2.75, 3.05) is 26.2 Å². The highest BCUT2D eigenvalue weighted by atomic mass is 32.2. The highest BCUT2D eigenvalue weighted by Crippen LogP contribution is 2.16. The number of piperidine rings is 1. The summed E-state index contributed by atoms with van der Waals surface area (Å²) < 4.78 is 26.5. The monoisotopic (exact) mass is 325 g/mol. The highest BCUT2D eigenvalue weighted by molar-refractivity contribution is 7.89. The van der Waals surface area contributed by atoms with Crippen molar-refractivity contribution < 1.29 is 13.2 Å². The Hall–Kier alpha value is -1.44. The molecule has 0 spiro atoms. The van der Waals surface area contributed by atoms with E-state index in [-0.39, 0.29) is 23.8 Å². The summed E-state index contributed by atoms with van der Waals surface area (Å²) in [7, 11) is -3.54. The predicted molar refractivity (Wildman–Crippen MR) is 84.6 cm³/mol. The maximum absolute atomic E-state index is 12.1. The number of hydrogen-bond acceptors (Lipinski definition) is 4. The van der Waals surface area contributed by atoms with Gasteiger partial charge in [0.1, 0.15) is 0 Å². The van der Waals surface area contributed by atoms with Gasteiger partial charge in [-0.1, -0.05) is 18.2 Å². The van der Waals surface area contributed by atoms with Crippen LogP contribution >= 0.6 is 0 Å². The van der Waals surface area contributed by atoms with Crippen molar-refractivity contribution in [2.45, 2.75) is 24.2 Å². The van der Waals surface area contributed by atoms with Gasteiger partial charge in [0.25, 0.3) is 0 Å². The predicted octanol–water partition coefficient (Wildman–Crippen LogP) is 0.552. The fourth-order valence-electron chi connectivity index (χ4n) is 2.55. The van der Waals surface area contributed by atoms with Crippen LogP contribution in [-0.2, 0) is 14.8 Å². The third kappa shape index (κ3) is 4.53. The zero-order valence-electron chi connectivity index (χ0n) is 12.6. The molecule has 1 aliphatic rings. The van der Waals surface area contributed by atoms with E-state index in [2.05, 4.69) is 4.72 Å². The van der Waals surface area contributed by atoms with E-state index in [0.29, 0.717) is 25.6 Å². The number of sulfonamides is 1. The molecule has 1 fully saturated rings. The summed E-state index contributed by atoms with van der Waals surface area (Å²) in [6.07, 6.45) is 2.04. The van der Waals surface area contributed by atoms with Crippen molar-refractivity contribution in [2.24, 2.45) is 11.7 Å². The second-order valence-corrected chi connectivity index (χ2v) is 7.29. The van der Waals surface area contributed by atoms with E-state index in [9.17, 15) is 13.2 Å². The summed E-state index contributed by atoms with van der Waals surface area (Å²) in [5, 5.41) is 0. The lowest BCUT2D eigenvalue weighted by Crippen LogP contribution is -2.41. The Morgan fingerprint density at radius 2 is 1.86 bits per heavy atom. The Labute approximate surface area is 131 Å². The van der Waals surface area contributed by atoms with Gasteiger partial charge in [0.05, 0.1) is 4.90 Å². The zero-order chi connectivity index (χ0) is 16.0. The Kier molecular flexibility index (Phi) is 5.93. The maximum atomic E-state index is 12.1. The van der Waals surface area contributed by atoms with Crippen molar-refractivity contribution in [3.8, 4) is 0 Å². The Balaban J connectivity index is 1.78. The number of carbonyl (C=O) groups is 1. The van der Waals surface area contributed by atoms with Gasteiger partial charge in [-0.25, -0.2) is 13.1 Å². The van der Waals surface area contributed by atoms with Crippen molar-refractivity contribution in [1.29, 1.82) is 0 Å². The molecule has 7 heteroatoms. The molecular formula is C15H23N3O3S. The molecule has 0 bridgehead atoms. The zero-order valence-corrected chi connectivity index (χ0v) is 13.4. The molecule has 1 amide bonds. The lowest BCUT2D eigenvalue weighted by atomic mass is 9.97. The molecule has 122 valence electrons. The van der Waals surface area contributed by atoms with Gasteiger partial charge in [-0.2, -0.15) is 0 Å². The van der Waals surface area contributed by atoms with Crippen molar-refractivity contribution in [3.05, 3.63) is 30.3 Å². The van der Waals surface area contributed by atoms with Gasteiger partial charge in [-0.3, -0.25) is 4.79 Å². The molecule has 0 radical (unpaired) electrons. The third-order valence-corrected chi connectivity index (χ3v) is 5.46. The molecule has 1 saturated heterocycles. The summed E-state index contributed by atoms with van der Waals surface area (Å²) in [5.41, 5.74) is 5.63. The van der Waals surface area contributed by atoms with Crippen molar-refractivity contribution >= 4 is 15.9 Å². The van der Waals surface area contributed by atoms with Crippen LogP contribution in [0.2, 0.25) is 0 Å². The van der Waals surface area contributed by atoms with Crippen molar-refractivity contribution in [3.63, 3.8) is 0 Å². The van der Waals surface area contributed by atoms with Gasteiger partial charge in [0.2, 0.25) is 15.9 Å². The fourth-order valence-corrected chi connectivity index (χ4v) is 3.60. The molecule has 0 unspecified atom stereocenters. The molecule has 0 aliphatic carbocycles. The van der Waals surface area contributed by atoms with Gasteiger partial charge < -0.3 is 10.6 Å². The van der Waals surface area contributed by atoms with Gasteiger partial charge in [0.15, 0.2) is 0 Å². The summed E-state index contributed by atoms with van der Waals surface area (Å²) in [5.74, 6) is 0.492. The molecule has 0 atom stereocenters. The minimum atomic E-state index is -3.54. The number of benzene rings is 1. The van der Waals surface area contributed by atoms with Crippen LogP contribution in [0.15, 0.2) is 35.2 Å². The van der Waals surface area contributed by atoms with Gasteiger partial charge >= 0.3 is 0 Å². The van der Waals surface area contributed by atoms with Crippen LogP contribution in [-0.4, -0.2) is 45.4 Å². The van der Waals surface area contributed by atoms with Gasteiger partial charge in [-0.05, 0) is 37.4 Å². The highest BCUT2D eigenvalue weighted by Gasteiger charge is 2.22. The number of nitrogens with two attached hydrogens (primary N) is 1. The SMILES string of the molecule is NCC1CCN(C(=O)CCNS(=O)(=O)c2ccccc2)CC1. The lowest BCUT2D eigenvalue weighted by Gasteiger charge is -2.31. The summed E-state index contributed by atoms with van der Waals surface area (Å²) >= 11 is 0. The first kappa shape index (κ1) is 16.9. The molecule has 1 aromatic rings. The number of likely N-dealkylation sites (tertiary alicyclic amines) is 1. The van der Waals surface area contributed by atoms with Crippen LogP contribution in [0.1, 0.15) is 19.3 Å². The first-order valence-electron chi connectivity index (χ1n) is 7.55. The third-order valence-electron chi connectivity index (χ3n) is 3.99. The quantitative estimate of drug-likeness (QED) is 0.799. The van der Waals surface area contributed by atoms with Gasteiger partial charge in [0, 0.05) is 26.1 Å². The van der Waals surface area contributed by atoms with Crippen LogP contribution in [0.4, 0.5) is 0 Å². The van der Waals surface area contributed by atoms with E-state index in [4.69, 9.17) is 5.73 Å². The van der Waals surface area contributed by atoms with E-state index >= 15 is 0 Å². The second kappa shape index (κ2) is 7.71. The van der Waals surface area contributed by atoms with E-state index in [1.54, 1.807) is 23.1 Å². The molecule has 1 aromatic carbocycles. The molecule has 6 nitrogen and oxygen atoms in total. The topological polar surface area (TPSA) is 92.5 Å². The van der Waals surface area contributed by atoms with Crippen LogP contribution in [0.25, 0.3) is 0 Å². The first-order valence-corrected chi connectivity index (χ1v) is 9.04. The number of amides is 1. The molecule has 2 rings (SSSR count). The van der Waals surface area contributed by atoms with Crippen LogP contribution in [0.3, 0.4) is 0 Å². The molecule has 1 aliphatic heterocycles. The number of carbonyl (C=O) groups excluding carboxylic acids is 1. The fraction of sp³-hybridized carbons (Fsp3) is 0.533. The largest absolute Gasteiger partial charge is 0.343 e. The standard InChI is InChI=1S/C15H23N3O3S/c16-12-13-7-10-18(11-8-13)15(19)6-9-17-22(20,21)14-4-2-1-3-5-14/h1-5,13,17H,6-12,16H2. The number of hydrogen-bond donors (Lipinski definition) is 2. The normalized spacial score (nSPS) is 16.7. The Morgan fingerprint density at radius 3 is 2.45 bits per heavy atom. The maximum Gasteiger partial charge on any atom is 0.240 e. The number of nitrogens with zero attached hydrogens (tertiary/aromatic N) is 1. The van der Waals surface area contributed by atoms with Crippen LogP contribution in [0.5, 0.6) is 0 Å². The molecule has 22 heavy (non-hydrogen) atoms. The van der Waals surface area contributed by atoms with E-state index in [1.807, 2.05) is 0 Å². The Morgan fingerprint density at radius 1 is 1.23 bits per heavy atom. The molecule has 0 aromatic heterocycles. The minimum Gasteiger partial charge on any atom is -0.343 e. The minimum absolute atomic E-state index is 0.00812. The van der Waals surface area contributed by atoms with E-state index in [1.165, 1.54) is 12.1 Å². The van der Waals surface area contributed by atoms with Crippen LogP contribution in [0, 0.1) is 5.92 Å². The summed E-state index contributed by atoms with van der Waals surface area (Å²) in [6, 6.07) is 8.15. The number of rotatable bonds is 6. The average Bonchev–Trinajstić information content (AvgIpc) is 2.55. The Bertz CT molecular complexity index is 581. The molecule has 1 heterocycles. The van der Waals surface area contributed by atoms with Crippen molar-refractivity contribution in [1.82, 2.24) is 9.62 Å². The molecule has 0 saturated carbocycles. The van der Waals surface area contributed by atoms with Gasteiger partial charge in [-0.15, -0.1) is 0 Å². The second-order valence-electron chi connectivity index (χ2n) is 5.52. The van der Waals surface area contributed by atoms with E-state index in [0.717, 1.165) is 12.8 Å². The lowest BCUT2D eigenvalue weighted by molar-refractivity contribution is -0.132. The molecular weight excluding hydrogens is 302 g/mol.